The third-order valence-electron chi connectivity index (χ3n) is 6.99. The van der Waals surface area contributed by atoms with Crippen molar-refractivity contribution in [2.45, 2.75) is 65.6 Å². The molecule has 1 saturated heterocycles. The van der Waals surface area contributed by atoms with E-state index < -0.39 is 17.9 Å². The lowest BCUT2D eigenvalue weighted by Gasteiger charge is -2.29. The first kappa shape index (κ1) is 28.0. The van der Waals surface area contributed by atoms with E-state index in [-0.39, 0.29) is 55.1 Å². The van der Waals surface area contributed by atoms with Crippen LogP contribution in [-0.4, -0.2) is 47.0 Å². The summed E-state index contributed by atoms with van der Waals surface area (Å²) in [7, 11) is 0. The van der Waals surface area contributed by atoms with Gasteiger partial charge in [0.05, 0.1) is 5.92 Å². The van der Waals surface area contributed by atoms with Gasteiger partial charge in [0.1, 0.15) is 6.04 Å². The van der Waals surface area contributed by atoms with Gasteiger partial charge in [-0.3, -0.25) is 29.3 Å². The van der Waals surface area contributed by atoms with E-state index in [2.05, 4.69) is 16.0 Å². The highest BCUT2D eigenvalue weighted by Gasteiger charge is 2.39. The molecule has 0 saturated carbocycles. The van der Waals surface area contributed by atoms with Crippen LogP contribution in [0.2, 0.25) is 0 Å². The van der Waals surface area contributed by atoms with E-state index in [4.69, 9.17) is 0 Å². The van der Waals surface area contributed by atoms with Gasteiger partial charge in [-0.2, -0.15) is 0 Å². The van der Waals surface area contributed by atoms with Crippen molar-refractivity contribution < 1.29 is 24.0 Å². The molecule has 2 atom stereocenters. The summed E-state index contributed by atoms with van der Waals surface area (Å²) in [5, 5.41) is 8.22. The molecule has 5 amide bonds. The molecule has 2 aromatic carbocycles. The number of hydrogen-bond donors (Lipinski definition) is 3. The molecular weight excluding hydrogens is 496 g/mol. The van der Waals surface area contributed by atoms with E-state index in [1.165, 1.54) is 4.90 Å². The maximum absolute atomic E-state index is 13.2. The molecule has 206 valence electrons. The number of hydrogen-bond acceptors (Lipinski definition) is 5. The highest BCUT2D eigenvalue weighted by molar-refractivity contribution is 6.05. The average molecular weight is 533 g/mol. The van der Waals surface area contributed by atoms with Gasteiger partial charge in [-0.05, 0) is 41.0 Å². The highest BCUT2D eigenvalue weighted by Crippen LogP contribution is 2.28. The van der Waals surface area contributed by atoms with Gasteiger partial charge in [0.15, 0.2) is 0 Å². The largest absolute Gasteiger partial charge is 0.355 e. The van der Waals surface area contributed by atoms with Crippen molar-refractivity contribution in [1.82, 2.24) is 20.9 Å². The third kappa shape index (κ3) is 7.31. The summed E-state index contributed by atoms with van der Waals surface area (Å²) in [6, 6.07) is 14.4. The molecule has 9 nitrogen and oxygen atoms in total. The fourth-order valence-electron chi connectivity index (χ4n) is 5.01. The Morgan fingerprint density at radius 3 is 2.46 bits per heavy atom. The van der Waals surface area contributed by atoms with E-state index in [0.717, 1.165) is 16.7 Å². The van der Waals surface area contributed by atoms with Gasteiger partial charge in [-0.1, -0.05) is 63.2 Å². The maximum atomic E-state index is 13.2. The van der Waals surface area contributed by atoms with Crippen LogP contribution in [0.5, 0.6) is 0 Å². The van der Waals surface area contributed by atoms with Crippen LogP contribution in [-0.2, 0) is 38.7 Å². The second-order valence-electron chi connectivity index (χ2n) is 11.5. The molecule has 2 heterocycles. The first-order valence-electron chi connectivity index (χ1n) is 13.3. The molecule has 0 radical (unpaired) electrons. The first-order chi connectivity index (χ1) is 18.5. The Morgan fingerprint density at radius 1 is 1.03 bits per heavy atom. The molecular formula is C30H36N4O5. The van der Waals surface area contributed by atoms with E-state index >= 15 is 0 Å². The van der Waals surface area contributed by atoms with Crippen LogP contribution in [0, 0.1) is 11.3 Å². The lowest BCUT2D eigenvalue weighted by atomic mass is 9.91. The predicted octanol–water partition coefficient (Wildman–Crippen LogP) is 2.48. The zero-order chi connectivity index (χ0) is 28.2. The zero-order valence-electron chi connectivity index (χ0n) is 22.7. The Morgan fingerprint density at radius 2 is 1.77 bits per heavy atom. The van der Waals surface area contributed by atoms with E-state index in [1.54, 1.807) is 12.1 Å². The highest BCUT2D eigenvalue weighted by atomic mass is 16.2. The molecule has 0 bridgehead atoms. The Balaban J connectivity index is 1.39. The third-order valence-corrected chi connectivity index (χ3v) is 6.99. The molecule has 0 spiro atoms. The average Bonchev–Trinajstić information content (AvgIpc) is 3.20. The number of fused-ring (bicyclic) bond motifs is 1. The van der Waals surface area contributed by atoms with Gasteiger partial charge in [-0.25, -0.2) is 0 Å². The Bertz CT molecular complexity index is 1270. The molecule has 0 aromatic heterocycles. The summed E-state index contributed by atoms with van der Waals surface area (Å²) in [5.41, 5.74) is 3.00. The van der Waals surface area contributed by atoms with Gasteiger partial charge >= 0.3 is 0 Å². The van der Waals surface area contributed by atoms with Crippen LogP contribution < -0.4 is 16.0 Å². The Hall–Kier alpha value is -4.01. The normalized spacial score (nSPS) is 17.9. The van der Waals surface area contributed by atoms with Crippen molar-refractivity contribution in [3.63, 3.8) is 0 Å². The Kier molecular flexibility index (Phi) is 8.47. The summed E-state index contributed by atoms with van der Waals surface area (Å²) < 4.78 is 0. The van der Waals surface area contributed by atoms with Gasteiger partial charge in [0.25, 0.3) is 5.91 Å². The van der Waals surface area contributed by atoms with E-state index in [9.17, 15) is 24.0 Å². The fourth-order valence-corrected chi connectivity index (χ4v) is 5.01. The molecule has 4 rings (SSSR count). The molecule has 39 heavy (non-hydrogen) atoms. The number of piperidine rings is 1. The lowest BCUT2D eigenvalue weighted by molar-refractivity contribution is -0.137. The topological polar surface area (TPSA) is 125 Å². The predicted molar refractivity (Wildman–Crippen MR) is 145 cm³/mol. The van der Waals surface area contributed by atoms with Gasteiger partial charge in [-0.15, -0.1) is 0 Å². The minimum absolute atomic E-state index is 0.0859. The molecule has 2 aliphatic heterocycles. The molecule has 2 aliphatic rings. The second kappa shape index (κ2) is 11.8. The molecule has 0 aliphatic carbocycles. The molecule has 9 heteroatoms. The lowest BCUT2D eigenvalue weighted by Crippen LogP contribution is -2.52. The van der Waals surface area contributed by atoms with Crippen molar-refractivity contribution in [2.24, 2.45) is 11.3 Å². The molecule has 2 unspecified atom stereocenters. The van der Waals surface area contributed by atoms with Gasteiger partial charge < -0.3 is 15.5 Å². The van der Waals surface area contributed by atoms with Crippen molar-refractivity contribution in [1.29, 1.82) is 0 Å². The number of rotatable bonds is 9. The summed E-state index contributed by atoms with van der Waals surface area (Å²) in [6.45, 7) is 6.76. The number of carbonyl (C=O) groups is 5. The van der Waals surface area contributed by atoms with Gasteiger partial charge in [0.2, 0.25) is 23.6 Å². The quantitative estimate of drug-likeness (QED) is 0.428. The number of nitrogens with zero attached hydrogens (tertiary/aromatic N) is 1. The maximum Gasteiger partial charge on any atom is 0.255 e. The minimum atomic E-state index is -0.669. The summed E-state index contributed by atoms with van der Waals surface area (Å²) >= 11 is 0. The number of benzene rings is 2. The monoisotopic (exact) mass is 532 g/mol. The smallest absolute Gasteiger partial charge is 0.255 e. The van der Waals surface area contributed by atoms with Crippen LogP contribution >= 0.6 is 0 Å². The second-order valence-corrected chi connectivity index (χ2v) is 11.5. The van der Waals surface area contributed by atoms with E-state index in [0.29, 0.717) is 24.8 Å². The van der Waals surface area contributed by atoms with Crippen molar-refractivity contribution in [2.75, 3.05) is 6.54 Å². The van der Waals surface area contributed by atoms with Gasteiger partial charge in [0, 0.05) is 38.0 Å². The minimum Gasteiger partial charge on any atom is -0.355 e. The van der Waals surface area contributed by atoms with Crippen molar-refractivity contribution in [3.8, 4) is 0 Å². The van der Waals surface area contributed by atoms with Crippen molar-refractivity contribution >= 4 is 29.5 Å². The summed E-state index contributed by atoms with van der Waals surface area (Å²) in [5.74, 6) is -1.70. The van der Waals surface area contributed by atoms with Crippen LogP contribution in [0.15, 0.2) is 48.5 Å². The van der Waals surface area contributed by atoms with Crippen LogP contribution in [0.1, 0.15) is 67.1 Å². The molecule has 3 N–H and O–H groups in total. The molecule has 1 fully saturated rings. The summed E-state index contributed by atoms with van der Waals surface area (Å²) in [6.07, 6.45) is 1.37. The number of imide groups is 1. The van der Waals surface area contributed by atoms with Crippen molar-refractivity contribution in [3.05, 3.63) is 70.8 Å². The standard InChI is InChI=1S/C30H36N4O5/c1-30(2,3)15-26(36)31-17-21(13-19-7-5-4-6-8-19)27(37)32-16-20-9-10-23-22(14-20)18-34(29(23)39)24-11-12-25(35)33-28(24)38/h4-10,14,21,24H,11-13,15-18H2,1-3H3,(H,31,36)(H,32,37)(H,33,35,38). The Labute approximate surface area is 228 Å². The van der Waals surface area contributed by atoms with E-state index in [1.807, 2.05) is 57.2 Å². The van der Waals surface area contributed by atoms with Crippen LogP contribution in [0.3, 0.4) is 0 Å². The summed E-state index contributed by atoms with van der Waals surface area (Å²) in [4.78, 5) is 63.9. The molecule has 2 aromatic rings. The first-order valence-corrected chi connectivity index (χ1v) is 13.3. The SMILES string of the molecule is CC(C)(C)CC(=O)NCC(Cc1ccccc1)C(=O)NCc1ccc2c(c1)CN(C1CCC(=O)NC1=O)C2=O. The number of nitrogens with one attached hydrogen (secondary N) is 3. The zero-order valence-corrected chi connectivity index (χ0v) is 22.7. The number of amides is 5. The fraction of sp³-hybridized carbons (Fsp3) is 0.433. The van der Waals surface area contributed by atoms with Crippen LogP contribution in [0.4, 0.5) is 0 Å². The number of carbonyl (C=O) groups excluding carboxylic acids is 5. The van der Waals surface area contributed by atoms with Crippen LogP contribution in [0.25, 0.3) is 0 Å².